The van der Waals surface area contributed by atoms with Crippen molar-refractivity contribution in [1.82, 2.24) is 20.2 Å². The molecule has 3 aromatic rings. The Morgan fingerprint density at radius 2 is 1.32 bits per heavy atom. The van der Waals surface area contributed by atoms with Gasteiger partial charge in [0.1, 0.15) is 6.04 Å². The molecule has 2 atom stereocenters. The summed E-state index contributed by atoms with van der Waals surface area (Å²) in [6.45, 7) is 3.90. The maximum absolute atomic E-state index is 14.2. The number of likely N-dealkylation sites (N-methyl/N-ethyl adjacent to an activating group) is 2. The van der Waals surface area contributed by atoms with Crippen molar-refractivity contribution < 1.29 is 14.4 Å². The molecule has 0 unspecified atom stereocenters. The maximum Gasteiger partial charge on any atom is 0.259 e. The van der Waals surface area contributed by atoms with Crippen molar-refractivity contribution in [3.63, 3.8) is 0 Å². The number of benzene rings is 3. The van der Waals surface area contributed by atoms with Crippen LogP contribution in [0.4, 0.5) is 0 Å². The quantitative estimate of drug-likeness (QED) is 0.213. The summed E-state index contributed by atoms with van der Waals surface area (Å²) in [6, 6.07) is 27.1. The van der Waals surface area contributed by atoms with E-state index in [1.54, 1.807) is 39.3 Å². The topological polar surface area (TPSA) is 99.0 Å². The van der Waals surface area contributed by atoms with Crippen LogP contribution in [0.1, 0.15) is 31.4 Å². The number of nitrogens with zero attached hydrogens (tertiary/aromatic N) is 3. The van der Waals surface area contributed by atoms with E-state index in [1.165, 1.54) is 16.0 Å². The summed E-state index contributed by atoms with van der Waals surface area (Å²) >= 11 is 0. The van der Waals surface area contributed by atoms with Gasteiger partial charge in [-0.05, 0) is 55.0 Å². The molecule has 0 fully saturated rings. The SMILES string of the molecule is CN(C(=O)[C@@H](CNC(=O)C=CCC(C)(C)N)Cc1ccc(-c2ccccc2)cc1)[C@H](Cc1ccccc1)C(=O)N(C)N(C)C. The third-order valence-electron chi connectivity index (χ3n) is 7.62. The second-order valence-electron chi connectivity index (χ2n) is 12.2. The molecule has 0 saturated heterocycles. The molecule has 0 aliphatic heterocycles. The van der Waals surface area contributed by atoms with E-state index in [4.69, 9.17) is 5.73 Å². The molecule has 0 heterocycles. The fourth-order valence-electron chi connectivity index (χ4n) is 4.83. The highest BCUT2D eigenvalue weighted by Gasteiger charge is 2.34. The molecule has 0 bridgehead atoms. The molecule has 44 heavy (non-hydrogen) atoms. The Hall–Kier alpha value is -4.27. The first kappa shape index (κ1) is 34.2. The lowest BCUT2D eigenvalue weighted by Gasteiger charge is -2.35. The van der Waals surface area contributed by atoms with Gasteiger partial charge in [0.05, 0.1) is 5.92 Å². The molecule has 8 nitrogen and oxygen atoms in total. The monoisotopic (exact) mass is 597 g/mol. The number of hydrogen-bond donors (Lipinski definition) is 2. The summed E-state index contributed by atoms with van der Waals surface area (Å²) in [4.78, 5) is 42.1. The lowest BCUT2D eigenvalue weighted by molar-refractivity contribution is -0.153. The van der Waals surface area contributed by atoms with Gasteiger partial charge in [-0.2, -0.15) is 0 Å². The molecule has 0 aromatic heterocycles. The molecule has 3 N–H and O–H groups in total. The Morgan fingerprint density at radius 3 is 1.89 bits per heavy atom. The average Bonchev–Trinajstić information content (AvgIpc) is 3.01. The second kappa shape index (κ2) is 16.0. The number of rotatable bonds is 14. The highest BCUT2D eigenvalue weighted by atomic mass is 16.2. The molecule has 3 aromatic carbocycles. The summed E-state index contributed by atoms with van der Waals surface area (Å²) < 4.78 is 0. The molecule has 234 valence electrons. The predicted molar refractivity (Wildman–Crippen MR) is 177 cm³/mol. The normalized spacial score (nSPS) is 13.0. The van der Waals surface area contributed by atoms with E-state index in [2.05, 4.69) is 17.4 Å². The van der Waals surface area contributed by atoms with Crippen LogP contribution in [-0.2, 0) is 27.2 Å². The van der Waals surface area contributed by atoms with Crippen LogP contribution in [-0.4, -0.2) is 79.0 Å². The van der Waals surface area contributed by atoms with Crippen LogP contribution in [0.15, 0.2) is 97.1 Å². The Kier molecular flexibility index (Phi) is 12.4. The zero-order valence-corrected chi connectivity index (χ0v) is 26.9. The summed E-state index contributed by atoms with van der Waals surface area (Å²) in [5.74, 6) is -1.30. The van der Waals surface area contributed by atoms with Crippen LogP contribution in [0.2, 0.25) is 0 Å². The highest BCUT2D eigenvalue weighted by Crippen LogP contribution is 2.22. The molecule has 0 aliphatic rings. The zero-order chi connectivity index (χ0) is 32.3. The van der Waals surface area contributed by atoms with Crippen molar-refractivity contribution in [3.8, 4) is 11.1 Å². The summed E-state index contributed by atoms with van der Waals surface area (Å²) in [7, 11) is 6.94. The van der Waals surface area contributed by atoms with Crippen LogP contribution in [0.3, 0.4) is 0 Å². The average molecular weight is 598 g/mol. The second-order valence-corrected chi connectivity index (χ2v) is 12.2. The van der Waals surface area contributed by atoms with Gasteiger partial charge in [-0.1, -0.05) is 91.0 Å². The standard InChI is InChI=1S/C36H47N5O3/c1-36(2,37)23-13-18-33(42)38-26-31(24-28-19-21-30(22-20-28)29-16-11-8-12-17-29)34(43)40(5)32(35(44)41(6)39(3)4)25-27-14-9-7-10-15-27/h7-22,31-32H,23-26,37H2,1-6H3,(H,38,42)/t31-,32-/m1/s1. The van der Waals surface area contributed by atoms with Gasteiger partial charge in [-0.3, -0.25) is 19.4 Å². The largest absolute Gasteiger partial charge is 0.352 e. The Bertz CT molecular complexity index is 1380. The van der Waals surface area contributed by atoms with Crippen LogP contribution in [0, 0.1) is 5.92 Å². The zero-order valence-electron chi connectivity index (χ0n) is 26.9. The number of amides is 3. The van der Waals surface area contributed by atoms with Gasteiger partial charge in [0.25, 0.3) is 5.91 Å². The minimum atomic E-state index is -0.734. The van der Waals surface area contributed by atoms with Gasteiger partial charge in [-0.15, -0.1) is 0 Å². The number of hydrazine groups is 1. The molecule has 0 aliphatic carbocycles. The molecule has 3 amide bonds. The minimum Gasteiger partial charge on any atom is -0.352 e. The summed E-state index contributed by atoms with van der Waals surface area (Å²) in [5.41, 5.74) is 9.71. The highest BCUT2D eigenvalue weighted by molar-refractivity contribution is 5.90. The first-order chi connectivity index (χ1) is 20.9. The fraction of sp³-hybridized carbons (Fsp3) is 0.361. The van der Waals surface area contributed by atoms with E-state index in [-0.39, 0.29) is 24.3 Å². The molecule has 8 heteroatoms. The number of nitrogens with two attached hydrogens (primary N) is 1. The van der Waals surface area contributed by atoms with Gasteiger partial charge in [0.15, 0.2) is 0 Å². The Balaban J connectivity index is 1.86. The van der Waals surface area contributed by atoms with Crippen molar-refractivity contribution in [3.05, 3.63) is 108 Å². The molecule has 0 spiro atoms. The number of hydrogen-bond acceptors (Lipinski definition) is 5. The van der Waals surface area contributed by atoms with E-state index >= 15 is 0 Å². The van der Waals surface area contributed by atoms with Crippen molar-refractivity contribution in [1.29, 1.82) is 0 Å². The minimum absolute atomic E-state index is 0.120. The third kappa shape index (κ3) is 10.5. The predicted octanol–water partition coefficient (Wildman–Crippen LogP) is 4.32. The van der Waals surface area contributed by atoms with Gasteiger partial charge in [0, 0.05) is 46.7 Å². The first-order valence-electron chi connectivity index (χ1n) is 15.0. The molecule has 3 rings (SSSR count). The first-order valence-corrected chi connectivity index (χ1v) is 15.0. The van der Waals surface area contributed by atoms with Crippen molar-refractivity contribution in [2.24, 2.45) is 11.7 Å². The van der Waals surface area contributed by atoms with Crippen LogP contribution < -0.4 is 11.1 Å². The van der Waals surface area contributed by atoms with E-state index in [0.717, 1.165) is 22.3 Å². The van der Waals surface area contributed by atoms with Gasteiger partial charge >= 0.3 is 0 Å². The fourth-order valence-corrected chi connectivity index (χ4v) is 4.83. The summed E-state index contributed by atoms with van der Waals surface area (Å²) in [5, 5.41) is 6.11. The maximum atomic E-state index is 14.2. The van der Waals surface area contributed by atoms with E-state index in [9.17, 15) is 14.4 Å². The molecule has 0 saturated carbocycles. The molecular formula is C36H47N5O3. The van der Waals surface area contributed by atoms with Crippen molar-refractivity contribution >= 4 is 17.7 Å². The van der Waals surface area contributed by atoms with Gasteiger partial charge in [0.2, 0.25) is 11.8 Å². The summed E-state index contributed by atoms with van der Waals surface area (Å²) in [6.07, 6.45) is 4.51. The van der Waals surface area contributed by atoms with Gasteiger partial charge in [-0.25, -0.2) is 5.01 Å². The van der Waals surface area contributed by atoms with Crippen LogP contribution in [0.25, 0.3) is 11.1 Å². The lowest BCUT2D eigenvalue weighted by atomic mass is 9.94. The third-order valence-corrected chi connectivity index (χ3v) is 7.62. The molecular weight excluding hydrogens is 550 g/mol. The smallest absolute Gasteiger partial charge is 0.259 e. The Labute approximate surface area is 262 Å². The Morgan fingerprint density at radius 1 is 0.773 bits per heavy atom. The van der Waals surface area contributed by atoms with Crippen LogP contribution in [0.5, 0.6) is 0 Å². The lowest BCUT2D eigenvalue weighted by Crippen LogP contribution is -2.54. The number of carbonyl (C=O) groups is 3. The van der Waals surface area contributed by atoms with Gasteiger partial charge < -0.3 is 16.0 Å². The van der Waals surface area contributed by atoms with E-state index < -0.39 is 17.5 Å². The van der Waals surface area contributed by atoms with Crippen LogP contribution >= 0.6 is 0 Å². The number of nitrogens with one attached hydrogen (secondary N) is 1. The van der Waals surface area contributed by atoms with Crippen molar-refractivity contribution in [2.75, 3.05) is 34.7 Å². The van der Waals surface area contributed by atoms with E-state index in [0.29, 0.717) is 19.3 Å². The number of carbonyl (C=O) groups excluding carboxylic acids is 3. The van der Waals surface area contributed by atoms with E-state index in [1.807, 2.05) is 86.6 Å². The van der Waals surface area contributed by atoms with Crippen molar-refractivity contribution in [2.45, 2.75) is 44.7 Å². The molecule has 0 radical (unpaired) electrons.